The molecule has 1 aromatic rings. The minimum absolute atomic E-state index is 0.581. The molecule has 0 spiro atoms. The van der Waals surface area contributed by atoms with E-state index in [1.54, 1.807) is 0 Å². The molecule has 0 saturated carbocycles. The van der Waals surface area contributed by atoms with Crippen molar-refractivity contribution in [2.75, 3.05) is 19.6 Å². The summed E-state index contributed by atoms with van der Waals surface area (Å²) in [4.78, 5) is 9.22. The van der Waals surface area contributed by atoms with Gasteiger partial charge in [-0.05, 0) is 44.5 Å². The topological polar surface area (TPSA) is 37.3 Å². The Hall–Kier alpha value is -1.22. The molecule has 0 bridgehead atoms. The van der Waals surface area contributed by atoms with Gasteiger partial charge in [-0.25, -0.2) is 0 Å². The predicted molar refractivity (Wildman–Crippen MR) is 71.5 cm³/mol. The van der Waals surface area contributed by atoms with Crippen molar-refractivity contribution in [3.63, 3.8) is 0 Å². The largest absolute Gasteiger partial charge is 0.317 e. The van der Waals surface area contributed by atoms with Gasteiger partial charge in [0.15, 0.2) is 0 Å². The van der Waals surface area contributed by atoms with Crippen LogP contribution >= 0.6 is 0 Å². The van der Waals surface area contributed by atoms with Crippen molar-refractivity contribution in [3.05, 3.63) is 30.1 Å². The van der Waals surface area contributed by atoms with E-state index in [-0.39, 0.29) is 0 Å². The molecular formula is C14H21N3. The first kappa shape index (κ1) is 12.2. The van der Waals surface area contributed by atoms with Crippen LogP contribution in [0.1, 0.15) is 31.9 Å². The second-order valence-electron chi connectivity index (χ2n) is 4.51. The summed E-state index contributed by atoms with van der Waals surface area (Å²) in [5.74, 6) is 0.581. The van der Waals surface area contributed by atoms with Crippen molar-refractivity contribution in [2.24, 2.45) is 10.9 Å². The SMILES string of the molecule is CCCN=C(c1ccccn1)C1CCNCC1. The monoisotopic (exact) mass is 231 g/mol. The summed E-state index contributed by atoms with van der Waals surface area (Å²) in [6.07, 6.45) is 5.32. The number of hydrogen-bond donors (Lipinski definition) is 1. The van der Waals surface area contributed by atoms with Gasteiger partial charge in [-0.15, -0.1) is 0 Å². The molecule has 1 aromatic heterocycles. The quantitative estimate of drug-likeness (QED) is 0.807. The number of nitrogens with one attached hydrogen (secondary N) is 1. The molecule has 0 radical (unpaired) electrons. The van der Waals surface area contributed by atoms with Gasteiger partial charge in [-0.3, -0.25) is 9.98 Å². The maximum atomic E-state index is 4.76. The minimum atomic E-state index is 0.581. The highest BCUT2D eigenvalue weighted by Crippen LogP contribution is 2.18. The van der Waals surface area contributed by atoms with E-state index in [2.05, 4.69) is 23.3 Å². The number of piperidine rings is 1. The lowest BCUT2D eigenvalue weighted by Gasteiger charge is -2.24. The van der Waals surface area contributed by atoms with Crippen LogP contribution in [0.3, 0.4) is 0 Å². The molecule has 0 aliphatic carbocycles. The third-order valence-corrected chi connectivity index (χ3v) is 3.16. The molecule has 1 saturated heterocycles. The molecule has 2 rings (SSSR count). The molecule has 17 heavy (non-hydrogen) atoms. The Bertz CT molecular complexity index is 353. The molecular weight excluding hydrogens is 210 g/mol. The third kappa shape index (κ3) is 3.37. The van der Waals surface area contributed by atoms with E-state index >= 15 is 0 Å². The van der Waals surface area contributed by atoms with E-state index in [4.69, 9.17) is 4.99 Å². The molecule has 3 heteroatoms. The lowest BCUT2D eigenvalue weighted by Crippen LogP contribution is -2.32. The van der Waals surface area contributed by atoms with Crippen molar-refractivity contribution in [2.45, 2.75) is 26.2 Å². The Labute approximate surface area is 103 Å². The van der Waals surface area contributed by atoms with Gasteiger partial charge in [0, 0.05) is 18.7 Å². The second-order valence-corrected chi connectivity index (χ2v) is 4.51. The smallest absolute Gasteiger partial charge is 0.0842 e. The summed E-state index contributed by atoms with van der Waals surface area (Å²) < 4.78 is 0. The van der Waals surface area contributed by atoms with Gasteiger partial charge in [-0.2, -0.15) is 0 Å². The summed E-state index contributed by atoms with van der Waals surface area (Å²) in [5, 5.41) is 3.40. The summed E-state index contributed by atoms with van der Waals surface area (Å²) in [6, 6.07) is 6.09. The van der Waals surface area contributed by atoms with Crippen molar-refractivity contribution in [1.29, 1.82) is 0 Å². The molecule has 92 valence electrons. The second kappa shape index (κ2) is 6.50. The van der Waals surface area contributed by atoms with Crippen molar-refractivity contribution >= 4 is 5.71 Å². The van der Waals surface area contributed by atoms with E-state index in [1.165, 1.54) is 18.6 Å². The summed E-state index contributed by atoms with van der Waals surface area (Å²) in [5.41, 5.74) is 2.28. The predicted octanol–water partition coefficient (Wildman–Crippen LogP) is 2.28. The number of nitrogens with zero attached hydrogens (tertiary/aromatic N) is 2. The van der Waals surface area contributed by atoms with E-state index in [0.717, 1.165) is 31.7 Å². The lowest BCUT2D eigenvalue weighted by atomic mass is 9.90. The number of hydrogen-bond acceptors (Lipinski definition) is 3. The molecule has 0 aromatic carbocycles. The zero-order chi connectivity index (χ0) is 11.9. The van der Waals surface area contributed by atoms with E-state index in [0.29, 0.717) is 5.92 Å². The highest BCUT2D eigenvalue weighted by molar-refractivity contribution is 6.00. The van der Waals surface area contributed by atoms with Crippen LogP contribution in [-0.4, -0.2) is 30.3 Å². The third-order valence-electron chi connectivity index (χ3n) is 3.16. The van der Waals surface area contributed by atoms with Crippen molar-refractivity contribution in [3.8, 4) is 0 Å². The fourth-order valence-corrected chi connectivity index (χ4v) is 2.26. The highest BCUT2D eigenvalue weighted by atomic mass is 14.9. The fraction of sp³-hybridized carbons (Fsp3) is 0.571. The molecule has 1 aliphatic rings. The number of rotatable bonds is 4. The van der Waals surface area contributed by atoms with Crippen LogP contribution in [0, 0.1) is 5.92 Å². The van der Waals surface area contributed by atoms with Gasteiger partial charge in [0.25, 0.3) is 0 Å². The van der Waals surface area contributed by atoms with E-state index in [9.17, 15) is 0 Å². The number of pyridine rings is 1. The molecule has 0 atom stereocenters. The molecule has 0 amide bonds. The summed E-state index contributed by atoms with van der Waals surface area (Å²) in [7, 11) is 0. The average molecular weight is 231 g/mol. The Morgan fingerprint density at radius 1 is 1.41 bits per heavy atom. The maximum Gasteiger partial charge on any atom is 0.0842 e. The average Bonchev–Trinajstić information content (AvgIpc) is 2.42. The fourth-order valence-electron chi connectivity index (χ4n) is 2.26. The van der Waals surface area contributed by atoms with Crippen LogP contribution in [-0.2, 0) is 0 Å². The van der Waals surface area contributed by atoms with Crippen LogP contribution in [0.25, 0.3) is 0 Å². The summed E-state index contributed by atoms with van der Waals surface area (Å²) >= 11 is 0. The van der Waals surface area contributed by atoms with Gasteiger partial charge < -0.3 is 5.32 Å². The van der Waals surface area contributed by atoms with Crippen LogP contribution in [0.5, 0.6) is 0 Å². The normalized spacial score (nSPS) is 18.3. The van der Waals surface area contributed by atoms with Gasteiger partial charge >= 0.3 is 0 Å². The van der Waals surface area contributed by atoms with Crippen molar-refractivity contribution < 1.29 is 0 Å². The zero-order valence-electron chi connectivity index (χ0n) is 10.5. The molecule has 3 nitrogen and oxygen atoms in total. The first-order chi connectivity index (χ1) is 8.42. The molecule has 0 unspecified atom stereocenters. The van der Waals surface area contributed by atoms with Gasteiger partial charge in [-0.1, -0.05) is 13.0 Å². The maximum absolute atomic E-state index is 4.76. The van der Waals surface area contributed by atoms with Gasteiger partial charge in [0.05, 0.1) is 11.4 Å². The lowest BCUT2D eigenvalue weighted by molar-refractivity contribution is 0.455. The van der Waals surface area contributed by atoms with Crippen LogP contribution < -0.4 is 5.32 Å². The van der Waals surface area contributed by atoms with Crippen LogP contribution in [0.4, 0.5) is 0 Å². The number of aliphatic imine (C=N–C) groups is 1. The van der Waals surface area contributed by atoms with E-state index < -0.39 is 0 Å². The Balaban J connectivity index is 2.18. The van der Waals surface area contributed by atoms with E-state index in [1.807, 2.05) is 18.3 Å². The molecule has 1 fully saturated rings. The summed E-state index contributed by atoms with van der Waals surface area (Å²) in [6.45, 7) is 5.28. The van der Waals surface area contributed by atoms with Crippen LogP contribution in [0.2, 0.25) is 0 Å². The van der Waals surface area contributed by atoms with Gasteiger partial charge in [0.1, 0.15) is 0 Å². The van der Waals surface area contributed by atoms with Crippen molar-refractivity contribution in [1.82, 2.24) is 10.3 Å². The standard InChI is InChI=1S/C14H21N3/c1-2-8-17-14(12-6-10-15-11-7-12)13-5-3-4-9-16-13/h3-5,9,12,15H,2,6-8,10-11H2,1H3. The first-order valence-corrected chi connectivity index (χ1v) is 6.58. The number of aromatic nitrogens is 1. The molecule has 1 aliphatic heterocycles. The Morgan fingerprint density at radius 3 is 2.88 bits per heavy atom. The molecule has 1 N–H and O–H groups in total. The molecule has 2 heterocycles. The van der Waals surface area contributed by atoms with Crippen LogP contribution in [0.15, 0.2) is 29.4 Å². The highest BCUT2D eigenvalue weighted by Gasteiger charge is 2.20. The zero-order valence-corrected chi connectivity index (χ0v) is 10.5. The Morgan fingerprint density at radius 2 is 2.24 bits per heavy atom. The Kier molecular flexibility index (Phi) is 4.68. The first-order valence-electron chi connectivity index (χ1n) is 6.58. The minimum Gasteiger partial charge on any atom is -0.317 e. The van der Waals surface area contributed by atoms with Gasteiger partial charge in [0.2, 0.25) is 0 Å².